The van der Waals surface area contributed by atoms with Gasteiger partial charge in [0, 0.05) is 45.7 Å². The minimum absolute atomic E-state index is 0.137. The quantitative estimate of drug-likeness (QED) is 0.499. The highest BCUT2D eigenvalue weighted by atomic mass is 32.2. The Hall–Kier alpha value is -2.19. The van der Waals surface area contributed by atoms with Crippen molar-refractivity contribution in [1.82, 2.24) is 24.2 Å². The van der Waals surface area contributed by atoms with Gasteiger partial charge in [0.2, 0.25) is 5.91 Å². The number of carbonyl (C=O) groups excluding carboxylic acids is 1. The Kier molecular flexibility index (Phi) is 6.96. The Morgan fingerprint density at radius 3 is 2.64 bits per heavy atom. The highest BCUT2D eigenvalue weighted by Crippen LogP contribution is 2.31. The third kappa shape index (κ3) is 5.17. The average Bonchev–Trinajstić information content (AvgIpc) is 3.31. The summed E-state index contributed by atoms with van der Waals surface area (Å²) in [5.41, 5.74) is 2.53. The molecule has 1 fully saturated rings. The van der Waals surface area contributed by atoms with Gasteiger partial charge in [-0.25, -0.2) is 23.4 Å². The van der Waals surface area contributed by atoms with Crippen LogP contribution in [0.1, 0.15) is 25.1 Å². The van der Waals surface area contributed by atoms with E-state index in [1.165, 1.54) is 11.2 Å². The van der Waals surface area contributed by atoms with Gasteiger partial charge in [-0.15, -0.1) is 11.3 Å². The number of thiophene rings is 1. The number of nitrogens with one attached hydrogen (secondary N) is 2. The number of carbonyl (C=O) groups is 1. The molecule has 1 aliphatic rings. The van der Waals surface area contributed by atoms with Gasteiger partial charge in [-0.3, -0.25) is 9.69 Å². The Bertz CT molecular complexity index is 1260. The fourth-order valence-electron chi connectivity index (χ4n) is 3.83. The van der Waals surface area contributed by atoms with Crippen molar-refractivity contribution in [2.75, 3.05) is 43.4 Å². The molecule has 178 valence electrons. The van der Waals surface area contributed by atoms with E-state index in [0.717, 1.165) is 39.5 Å². The number of aromatic nitrogens is 3. The molecule has 0 aliphatic carbocycles. The van der Waals surface area contributed by atoms with Crippen molar-refractivity contribution in [3.05, 3.63) is 23.0 Å². The van der Waals surface area contributed by atoms with Gasteiger partial charge in [-0.1, -0.05) is 11.3 Å². The first-order chi connectivity index (χ1) is 15.6. The predicted octanol–water partition coefficient (Wildman–Crippen LogP) is 2.53. The minimum Gasteiger partial charge on any atom is -0.365 e. The van der Waals surface area contributed by atoms with Gasteiger partial charge in [0.15, 0.2) is 9.34 Å². The number of hydrogen-bond acceptors (Lipinski definition) is 10. The van der Waals surface area contributed by atoms with Crippen LogP contribution in [0.4, 0.5) is 10.9 Å². The van der Waals surface area contributed by atoms with Crippen LogP contribution >= 0.6 is 22.7 Å². The van der Waals surface area contributed by atoms with Crippen LogP contribution in [0.25, 0.3) is 10.2 Å². The van der Waals surface area contributed by atoms with Crippen LogP contribution in [0.2, 0.25) is 0 Å². The van der Waals surface area contributed by atoms with Gasteiger partial charge in [0.05, 0.1) is 15.9 Å². The second-order valence-electron chi connectivity index (χ2n) is 8.14. The zero-order valence-corrected chi connectivity index (χ0v) is 21.4. The number of rotatable bonds is 7. The SMILES string of the molecule is CC(=O)Nc1nc(C)c(S(=O)(=O)N2CCN(C[C@H](C)Nc3ncnc4c(C)csc34)CC2)s1. The van der Waals surface area contributed by atoms with Crippen molar-refractivity contribution < 1.29 is 13.2 Å². The van der Waals surface area contributed by atoms with Crippen LogP contribution in [0.15, 0.2) is 15.9 Å². The molecule has 1 atom stereocenters. The largest absolute Gasteiger partial charge is 0.365 e. The molecule has 0 spiro atoms. The van der Waals surface area contributed by atoms with Crippen LogP contribution in [0.3, 0.4) is 0 Å². The zero-order valence-electron chi connectivity index (χ0n) is 19.0. The standard InChI is InChI=1S/C20H27N7O3S3/c1-12-10-31-17-16(12)21-11-22-18(17)23-13(2)9-26-5-7-27(8-6-26)33(29,30)19-14(3)24-20(32-19)25-15(4)28/h10-11,13H,5-9H2,1-4H3,(H,21,22,23)(H,24,25,28)/t13-/m0/s1. The van der Waals surface area contributed by atoms with E-state index in [4.69, 9.17) is 0 Å². The first kappa shape index (κ1) is 24.0. The third-order valence-corrected chi connectivity index (χ3v) is 10.0. The highest BCUT2D eigenvalue weighted by molar-refractivity contribution is 7.91. The van der Waals surface area contributed by atoms with Crippen LogP contribution in [-0.2, 0) is 14.8 Å². The molecular weight excluding hydrogens is 482 g/mol. The number of anilines is 2. The molecular formula is C20H27N7O3S3. The summed E-state index contributed by atoms with van der Waals surface area (Å²) in [6, 6.07) is 0.137. The average molecular weight is 510 g/mol. The summed E-state index contributed by atoms with van der Waals surface area (Å²) in [4.78, 5) is 26.5. The molecule has 1 saturated heterocycles. The molecule has 4 rings (SSSR count). The van der Waals surface area contributed by atoms with Crippen LogP contribution < -0.4 is 10.6 Å². The lowest BCUT2D eigenvalue weighted by Crippen LogP contribution is -2.50. The normalized spacial score (nSPS) is 16.7. The molecule has 4 heterocycles. The lowest BCUT2D eigenvalue weighted by molar-refractivity contribution is -0.114. The summed E-state index contributed by atoms with van der Waals surface area (Å²) in [5.74, 6) is 0.559. The number of amides is 1. The van der Waals surface area contributed by atoms with Gasteiger partial charge in [-0.05, 0) is 31.7 Å². The van der Waals surface area contributed by atoms with Gasteiger partial charge in [0.1, 0.15) is 12.1 Å². The molecule has 0 radical (unpaired) electrons. The van der Waals surface area contributed by atoms with E-state index in [1.807, 2.05) is 6.92 Å². The van der Waals surface area contributed by atoms with Crippen LogP contribution in [0, 0.1) is 13.8 Å². The molecule has 1 aliphatic heterocycles. The summed E-state index contributed by atoms with van der Waals surface area (Å²) in [5, 5.41) is 8.43. The number of sulfonamides is 1. The maximum atomic E-state index is 13.1. The van der Waals surface area contributed by atoms with Crippen LogP contribution in [-0.4, -0.2) is 77.2 Å². The van der Waals surface area contributed by atoms with Gasteiger partial charge < -0.3 is 10.6 Å². The number of hydrogen-bond donors (Lipinski definition) is 2. The number of piperazine rings is 1. The molecule has 13 heteroatoms. The van der Waals surface area contributed by atoms with E-state index < -0.39 is 10.0 Å². The van der Waals surface area contributed by atoms with Crippen molar-refractivity contribution >= 4 is 59.8 Å². The van der Waals surface area contributed by atoms with Gasteiger partial charge in [-0.2, -0.15) is 4.31 Å². The topological polar surface area (TPSA) is 120 Å². The summed E-state index contributed by atoms with van der Waals surface area (Å²) in [6.45, 7) is 10.0. The van der Waals surface area contributed by atoms with Crippen molar-refractivity contribution in [3.63, 3.8) is 0 Å². The molecule has 0 unspecified atom stereocenters. The third-order valence-electron chi connectivity index (χ3n) is 5.39. The summed E-state index contributed by atoms with van der Waals surface area (Å²) in [7, 11) is -3.65. The summed E-state index contributed by atoms with van der Waals surface area (Å²) >= 11 is 2.63. The van der Waals surface area contributed by atoms with E-state index >= 15 is 0 Å². The maximum absolute atomic E-state index is 13.1. The molecule has 0 saturated carbocycles. The maximum Gasteiger partial charge on any atom is 0.254 e. The van der Waals surface area contributed by atoms with Crippen LogP contribution in [0.5, 0.6) is 0 Å². The zero-order chi connectivity index (χ0) is 23.8. The van der Waals surface area contributed by atoms with Crippen molar-refractivity contribution in [2.45, 2.75) is 37.9 Å². The predicted molar refractivity (Wildman–Crippen MR) is 132 cm³/mol. The number of thiazole rings is 1. The minimum atomic E-state index is -3.65. The first-order valence-electron chi connectivity index (χ1n) is 10.6. The summed E-state index contributed by atoms with van der Waals surface area (Å²) < 4.78 is 29.0. The monoisotopic (exact) mass is 509 g/mol. The summed E-state index contributed by atoms with van der Waals surface area (Å²) in [6.07, 6.45) is 1.58. The first-order valence-corrected chi connectivity index (χ1v) is 13.7. The number of fused-ring (bicyclic) bond motifs is 1. The second-order valence-corrected chi connectivity index (χ2v) is 12.2. The van der Waals surface area contributed by atoms with Crippen molar-refractivity contribution in [3.8, 4) is 0 Å². The Morgan fingerprint density at radius 1 is 1.21 bits per heavy atom. The van der Waals surface area contributed by atoms with E-state index in [9.17, 15) is 13.2 Å². The molecule has 3 aromatic rings. The van der Waals surface area contributed by atoms with E-state index in [-0.39, 0.29) is 16.2 Å². The molecule has 0 aromatic carbocycles. The molecule has 3 aromatic heterocycles. The molecule has 2 N–H and O–H groups in total. The van der Waals surface area contributed by atoms with Crippen molar-refractivity contribution in [2.24, 2.45) is 0 Å². The number of nitrogens with zero attached hydrogens (tertiary/aromatic N) is 5. The highest BCUT2D eigenvalue weighted by Gasteiger charge is 2.32. The Labute approximate surface area is 201 Å². The number of aryl methyl sites for hydroxylation is 2. The van der Waals surface area contributed by atoms with E-state index in [0.29, 0.717) is 37.0 Å². The molecule has 1 amide bonds. The van der Waals surface area contributed by atoms with Crippen molar-refractivity contribution in [1.29, 1.82) is 0 Å². The lowest BCUT2D eigenvalue weighted by atomic mass is 10.2. The smallest absolute Gasteiger partial charge is 0.254 e. The molecule has 33 heavy (non-hydrogen) atoms. The van der Waals surface area contributed by atoms with Gasteiger partial charge in [0.25, 0.3) is 10.0 Å². The lowest BCUT2D eigenvalue weighted by Gasteiger charge is -2.35. The Morgan fingerprint density at radius 2 is 1.94 bits per heavy atom. The van der Waals surface area contributed by atoms with Gasteiger partial charge >= 0.3 is 0 Å². The van der Waals surface area contributed by atoms with E-state index in [1.54, 1.807) is 24.6 Å². The molecule has 10 nitrogen and oxygen atoms in total. The Balaban J connectivity index is 1.35. The fourth-order valence-corrected chi connectivity index (χ4v) is 7.81. The second kappa shape index (κ2) is 9.58. The molecule has 0 bridgehead atoms. The fraction of sp³-hybridized carbons (Fsp3) is 0.500. The van der Waals surface area contributed by atoms with E-state index in [2.05, 4.69) is 42.8 Å².